The van der Waals surface area contributed by atoms with E-state index in [4.69, 9.17) is 9.47 Å². The maximum atomic E-state index is 12.4. The van der Waals surface area contributed by atoms with Crippen molar-refractivity contribution in [2.75, 3.05) is 14.2 Å². The van der Waals surface area contributed by atoms with Crippen LogP contribution in [0.5, 0.6) is 17.2 Å². The third-order valence-electron chi connectivity index (χ3n) is 2.79. The monoisotopic (exact) mass is 258 g/mol. The molecular formula is C15H14O4. The van der Waals surface area contributed by atoms with Crippen LogP contribution in [0.2, 0.25) is 0 Å². The van der Waals surface area contributed by atoms with Crippen molar-refractivity contribution in [3.05, 3.63) is 53.6 Å². The molecule has 0 heterocycles. The lowest BCUT2D eigenvalue weighted by Crippen LogP contribution is -2.05. The molecule has 0 spiro atoms. The molecule has 0 aliphatic heterocycles. The van der Waals surface area contributed by atoms with Gasteiger partial charge in [-0.1, -0.05) is 30.3 Å². The topological polar surface area (TPSA) is 55.8 Å². The van der Waals surface area contributed by atoms with E-state index in [1.165, 1.54) is 20.3 Å². The maximum absolute atomic E-state index is 12.4. The molecule has 0 saturated carbocycles. The first-order chi connectivity index (χ1) is 9.19. The number of carbonyl (C=O) groups excluding carboxylic acids is 1. The first kappa shape index (κ1) is 13.0. The predicted molar refractivity (Wildman–Crippen MR) is 71.1 cm³/mol. The summed E-state index contributed by atoms with van der Waals surface area (Å²) in [6, 6.07) is 11.7. The van der Waals surface area contributed by atoms with Gasteiger partial charge in [0.25, 0.3) is 0 Å². The van der Waals surface area contributed by atoms with Crippen LogP contribution in [0.15, 0.2) is 42.5 Å². The van der Waals surface area contributed by atoms with Crippen molar-refractivity contribution in [2.45, 2.75) is 0 Å². The number of aromatic hydroxyl groups is 1. The highest BCUT2D eigenvalue weighted by Crippen LogP contribution is 2.37. The molecule has 0 atom stereocenters. The number of rotatable bonds is 4. The Kier molecular flexibility index (Phi) is 3.71. The summed E-state index contributed by atoms with van der Waals surface area (Å²) in [7, 11) is 2.91. The summed E-state index contributed by atoms with van der Waals surface area (Å²) >= 11 is 0. The molecular weight excluding hydrogens is 244 g/mol. The van der Waals surface area contributed by atoms with Crippen LogP contribution < -0.4 is 9.47 Å². The van der Waals surface area contributed by atoms with E-state index < -0.39 is 0 Å². The van der Waals surface area contributed by atoms with Gasteiger partial charge in [0, 0.05) is 5.56 Å². The van der Waals surface area contributed by atoms with Gasteiger partial charge in [-0.05, 0) is 12.1 Å². The molecule has 2 rings (SSSR count). The summed E-state index contributed by atoms with van der Waals surface area (Å²) in [5.41, 5.74) is 0.581. The van der Waals surface area contributed by atoms with Crippen molar-refractivity contribution in [2.24, 2.45) is 0 Å². The SMILES string of the molecule is COc1ccc(O)c(C(=O)c2ccccc2)c1OC. The fourth-order valence-electron chi connectivity index (χ4n) is 1.87. The first-order valence-corrected chi connectivity index (χ1v) is 5.72. The molecule has 19 heavy (non-hydrogen) atoms. The Labute approximate surface area is 111 Å². The second-order valence-electron chi connectivity index (χ2n) is 3.89. The number of hydrogen-bond acceptors (Lipinski definition) is 4. The van der Waals surface area contributed by atoms with Gasteiger partial charge >= 0.3 is 0 Å². The highest BCUT2D eigenvalue weighted by Gasteiger charge is 2.22. The minimum Gasteiger partial charge on any atom is -0.507 e. The van der Waals surface area contributed by atoms with E-state index in [0.717, 1.165) is 0 Å². The summed E-state index contributed by atoms with van der Waals surface area (Å²) in [6.45, 7) is 0. The van der Waals surface area contributed by atoms with E-state index in [2.05, 4.69) is 0 Å². The van der Waals surface area contributed by atoms with E-state index in [1.807, 2.05) is 6.07 Å². The van der Waals surface area contributed by atoms with Crippen molar-refractivity contribution < 1.29 is 19.4 Å². The standard InChI is InChI=1S/C15H14O4/c1-18-12-9-8-11(16)13(15(12)19-2)14(17)10-6-4-3-5-7-10/h3-9,16H,1-2H3. The third-order valence-corrected chi connectivity index (χ3v) is 2.79. The molecule has 0 bridgehead atoms. The van der Waals surface area contributed by atoms with E-state index in [-0.39, 0.29) is 22.8 Å². The van der Waals surface area contributed by atoms with Gasteiger partial charge in [0.05, 0.1) is 14.2 Å². The van der Waals surface area contributed by atoms with Gasteiger partial charge in [-0.3, -0.25) is 4.79 Å². The predicted octanol–water partition coefficient (Wildman–Crippen LogP) is 2.64. The minimum atomic E-state index is -0.311. The third kappa shape index (κ3) is 2.38. The Balaban J connectivity index is 2.58. The molecule has 1 N–H and O–H groups in total. The fraction of sp³-hybridized carbons (Fsp3) is 0.133. The van der Waals surface area contributed by atoms with Crippen LogP contribution in [0.1, 0.15) is 15.9 Å². The van der Waals surface area contributed by atoms with E-state index in [9.17, 15) is 9.90 Å². The van der Waals surface area contributed by atoms with Gasteiger partial charge < -0.3 is 14.6 Å². The number of hydrogen-bond donors (Lipinski definition) is 1. The van der Waals surface area contributed by atoms with Crippen LogP contribution in [0.25, 0.3) is 0 Å². The van der Waals surface area contributed by atoms with Crippen LogP contribution in [0, 0.1) is 0 Å². The molecule has 0 aliphatic carbocycles. The Morgan fingerprint density at radius 1 is 1.00 bits per heavy atom. The van der Waals surface area contributed by atoms with Crippen LogP contribution in [-0.4, -0.2) is 25.1 Å². The summed E-state index contributed by atoms with van der Waals surface area (Å²) in [6.07, 6.45) is 0. The molecule has 0 saturated heterocycles. The second-order valence-corrected chi connectivity index (χ2v) is 3.89. The average Bonchev–Trinajstić information content (AvgIpc) is 2.47. The largest absolute Gasteiger partial charge is 0.507 e. The van der Waals surface area contributed by atoms with Crippen LogP contribution in [0.3, 0.4) is 0 Å². The summed E-state index contributed by atoms with van der Waals surface area (Å²) in [5.74, 6) is 0.191. The number of ether oxygens (including phenoxy) is 2. The number of ketones is 1. The zero-order chi connectivity index (χ0) is 13.8. The quantitative estimate of drug-likeness (QED) is 0.856. The normalized spacial score (nSPS) is 10.0. The Morgan fingerprint density at radius 3 is 2.26 bits per heavy atom. The molecule has 4 nitrogen and oxygen atoms in total. The van der Waals surface area contributed by atoms with Gasteiger partial charge in [0.2, 0.25) is 5.78 Å². The van der Waals surface area contributed by atoms with Crippen molar-refractivity contribution in [3.63, 3.8) is 0 Å². The lowest BCUT2D eigenvalue weighted by atomic mass is 10.0. The number of methoxy groups -OCH3 is 2. The van der Waals surface area contributed by atoms with Crippen molar-refractivity contribution in [1.82, 2.24) is 0 Å². The molecule has 0 aliphatic rings. The zero-order valence-electron chi connectivity index (χ0n) is 10.7. The van der Waals surface area contributed by atoms with E-state index in [1.54, 1.807) is 30.3 Å². The molecule has 4 heteroatoms. The fourth-order valence-corrected chi connectivity index (χ4v) is 1.87. The molecule has 0 unspecified atom stereocenters. The van der Waals surface area contributed by atoms with Gasteiger partial charge in [0.15, 0.2) is 11.5 Å². The first-order valence-electron chi connectivity index (χ1n) is 5.72. The van der Waals surface area contributed by atoms with Gasteiger partial charge in [-0.2, -0.15) is 0 Å². The molecule has 98 valence electrons. The van der Waals surface area contributed by atoms with Gasteiger partial charge in [-0.15, -0.1) is 0 Å². The number of phenolic OH excluding ortho intramolecular Hbond substituents is 1. The number of phenols is 1. The van der Waals surface area contributed by atoms with Crippen molar-refractivity contribution in [3.8, 4) is 17.2 Å². The molecule has 0 aromatic heterocycles. The van der Waals surface area contributed by atoms with E-state index >= 15 is 0 Å². The molecule has 0 fully saturated rings. The van der Waals surface area contributed by atoms with Gasteiger partial charge in [0.1, 0.15) is 11.3 Å². The molecule has 0 radical (unpaired) electrons. The van der Waals surface area contributed by atoms with Crippen molar-refractivity contribution >= 4 is 5.78 Å². The Morgan fingerprint density at radius 2 is 1.68 bits per heavy atom. The van der Waals surface area contributed by atoms with E-state index in [0.29, 0.717) is 11.3 Å². The summed E-state index contributed by atoms with van der Waals surface area (Å²) in [4.78, 5) is 12.4. The lowest BCUT2D eigenvalue weighted by molar-refractivity contribution is 0.103. The molecule has 2 aromatic rings. The smallest absolute Gasteiger partial charge is 0.200 e. The average molecular weight is 258 g/mol. The molecule has 0 amide bonds. The molecule has 2 aromatic carbocycles. The highest BCUT2D eigenvalue weighted by molar-refractivity contribution is 6.12. The minimum absolute atomic E-state index is 0.105. The lowest BCUT2D eigenvalue weighted by Gasteiger charge is -2.13. The van der Waals surface area contributed by atoms with Crippen LogP contribution in [0.4, 0.5) is 0 Å². The zero-order valence-corrected chi connectivity index (χ0v) is 10.7. The van der Waals surface area contributed by atoms with Crippen LogP contribution in [-0.2, 0) is 0 Å². The highest BCUT2D eigenvalue weighted by atomic mass is 16.5. The number of benzene rings is 2. The summed E-state index contributed by atoms with van der Waals surface area (Å²) in [5, 5.41) is 9.92. The maximum Gasteiger partial charge on any atom is 0.200 e. The Hall–Kier alpha value is -2.49. The summed E-state index contributed by atoms with van der Waals surface area (Å²) < 4.78 is 10.3. The second kappa shape index (κ2) is 5.44. The van der Waals surface area contributed by atoms with Gasteiger partial charge in [-0.25, -0.2) is 0 Å². The van der Waals surface area contributed by atoms with Crippen LogP contribution >= 0.6 is 0 Å². The van der Waals surface area contributed by atoms with Crippen molar-refractivity contribution in [1.29, 1.82) is 0 Å². The Bertz CT molecular complexity index is 591. The number of carbonyl (C=O) groups is 1.